The molecule has 2 rings (SSSR count). The smallest absolute Gasteiger partial charge is 0.154 e. The maximum atomic E-state index is 11.2. The Hall–Kier alpha value is -1.87. The molecule has 0 aliphatic rings. The highest BCUT2D eigenvalue weighted by atomic mass is 16.5. The van der Waals surface area contributed by atoms with Gasteiger partial charge in [0.05, 0.1) is 12.2 Å². The van der Waals surface area contributed by atoms with Crippen LogP contribution in [0.2, 0.25) is 0 Å². The molecule has 0 aliphatic carbocycles. The van der Waals surface area contributed by atoms with Crippen molar-refractivity contribution in [1.29, 1.82) is 0 Å². The molecule has 0 saturated carbocycles. The van der Waals surface area contributed by atoms with E-state index in [-0.39, 0.29) is 12.5 Å². The minimum atomic E-state index is 0.0518. The summed E-state index contributed by atoms with van der Waals surface area (Å²) in [5.41, 5.74) is 0.568. The van der Waals surface area contributed by atoms with E-state index in [0.29, 0.717) is 17.9 Å². The zero-order chi connectivity index (χ0) is 13.0. The number of carbonyl (C=O) groups is 1. The van der Waals surface area contributed by atoms with Crippen LogP contribution >= 0.6 is 0 Å². The summed E-state index contributed by atoms with van der Waals surface area (Å²) >= 11 is 0. The summed E-state index contributed by atoms with van der Waals surface area (Å²) in [5.74, 6) is 0.625. The molecular formula is C15H16O3. The van der Waals surface area contributed by atoms with Gasteiger partial charge in [0.2, 0.25) is 0 Å². The van der Waals surface area contributed by atoms with Gasteiger partial charge in [0, 0.05) is 12.5 Å². The lowest BCUT2D eigenvalue weighted by Crippen LogP contribution is -2.12. The molecule has 3 heteroatoms. The maximum absolute atomic E-state index is 11.2. The summed E-state index contributed by atoms with van der Waals surface area (Å²) in [6, 6.07) is 11.4. The predicted octanol–water partition coefficient (Wildman–Crippen LogP) is 2.66. The molecule has 94 valence electrons. The molecule has 0 aliphatic heterocycles. The van der Waals surface area contributed by atoms with Gasteiger partial charge in [-0.25, -0.2) is 0 Å². The van der Waals surface area contributed by atoms with E-state index in [1.54, 1.807) is 6.07 Å². The van der Waals surface area contributed by atoms with E-state index in [0.717, 1.165) is 17.1 Å². The molecule has 1 atom stereocenters. The second-order valence-electron chi connectivity index (χ2n) is 4.42. The van der Waals surface area contributed by atoms with E-state index in [2.05, 4.69) is 0 Å². The Balaban J connectivity index is 2.36. The fourth-order valence-electron chi connectivity index (χ4n) is 1.81. The van der Waals surface area contributed by atoms with Crippen molar-refractivity contribution in [3.05, 3.63) is 42.0 Å². The first-order chi connectivity index (χ1) is 8.76. The van der Waals surface area contributed by atoms with Crippen LogP contribution in [0.15, 0.2) is 36.4 Å². The number of hydrogen-bond donors (Lipinski definition) is 1. The Bertz CT molecular complexity index is 548. The minimum absolute atomic E-state index is 0.0518. The number of carbonyl (C=O) groups excluding carboxylic acids is 1. The molecule has 0 aromatic heterocycles. The van der Waals surface area contributed by atoms with Crippen molar-refractivity contribution in [1.82, 2.24) is 0 Å². The quantitative estimate of drug-likeness (QED) is 0.822. The second kappa shape index (κ2) is 5.65. The van der Waals surface area contributed by atoms with Crippen LogP contribution < -0.4 is 4.74 Å². The number of rotatable bonds is 5. The highest BCUT2D eigenvalue weighted by Gasteiger charge is 2.09. The van der Waals surface area contributed by atoms with Gasteiger partial charge in [-0.3, -0.25) is 4.79 Å². The second-order valence-corrected chi connectivity index (χ2v) is 4.42. The predicted molar refractivity (Wildman–Crippen MR) is 71.1 cm³/mol. The van der Waals surface area contributed by atoms with Crippen LogP contribution in [0.3, 0.4) is 0 Å². The summed E-state index contributed by atoms with van der Waals surface area (Å²) in [5, 5.41) is 10.9. The SMILES string of the molecule is CC(CO)COc1ccc2ccccc2c1C=O. The molecule has 1 N–H and O–H groups in total. The lowest BCUT2D eigenvalue weighted by atomic mass is 10.0. The minimum Gasteiger partial charge on any atom is -0.492 e. The van der Waals surface area contributed by atoms with E-state index in [1.165, 1.54) is 0 Å². The fraction of sp³-hybridized carbons (Fsp3) is 0.267. The first-order valence-corrected chi connectivity index (χ1v) is 5.97. The summed E-state index contributed by atoms with van der Waals surface area (Å²) in [6.07, 6.45) is 0.821. The van der Waals surface area contributed by atoms with Crippen molar-refractivity contribution in [2.45, 2.75) is 6.92 Å². The molecule has 0 amide bonds. The number of aliphatic hydroxyl groups excluding tert-OH is 1. The van der Waals surface area contributed by atoms with Gasteiger partial charge in [-0.1, -0.05) is 37.3 Å². The number of hydrogen-bond acceptors (Lipinski definition) is 3. The van der Waals surface area contributed by atoms with Crippen molar-refractivity contribution in [2.75, 3.05) is 13.2 Å². The van der Waals surface area contributed by atoms with Crippen LogP contribution in [0.1, 0.15) is 17.3 Å². The number of aldehydes is 1. The third-order valence-corrected chi connectivity index (χ3v) is 2.88. The largest absolute Gasteiger partial charge is 0.492 e. The third-order valence-electron chi connectivity index (χ3n) is 2.88. The first-order valence-electron chi connectivity index (χ1n) is 5.97. The van der Waals surface area contributed by atoms with Gasteiger partial charge in [-0.2, -0.15) is 0 Å². The molecule has 0 saturated heterocycles. The van der Waals surface area contributed by atoms with E-state index in [1.807, 2.05) is 37.3 Å². The molecule has 0 radical (unpaired) electrons. The molecule has 0 spiro atoms. The molecular weight excluding hydrogens is 228 g/mol. The van der Waals surface area contributed by atoms with Crippen molar-refractivity contribution < 1.29 is 14.6 Å². The summed E-state index contributed by atoms with van der Waals surface area (Å²) < 4.78 is 5.60. The van der Waals surface area contributed by atoms with Gasteiger partial charge < -0.3 is 9.84 Å². The monoisotopic (exact) mass is 244 g/mol. The van der Waals surface area contributed by atoms with Crippen LogP contribution in [0, 0.1) is 5.92 Å². The van der Waals surface area contributed by atoms with Crippen LogP contribution in [0.25, 0.3) is 10.8 Å². The van der Waals surface area contributed by atoms with Gasteiger partial charge in [-0.05, 0) is 16.8 Å². The van der Waals surface area contributed by atoms with Crippen LogP contribution in [-0.2, 0) is 0 Å². The zero-order valence-electron chi connectivity index (χ0n) is 10.3. The molecule has 2 aromatic carbocycles. The number of aliphatic hydroxyl groups is 1. The summed E-state index contributed by atoms with van der Waals surface area (Å²) in [4.78, 5) is 11.2. The van der Waals surface area contributed by atoms with Gasteiger partial charge >= 0.3 is 0 Å². The molecule has 0 bridgehead atoms. The Morgan fingerprint density at radius 1 is 1.28 bits per heavy atom. The number of fused-ring (bicyclic) bond motifs is 1. The van der Waals surface area contributed by atoms with Gasteiger partial charge in [-0.15, -0.1) is 0 Å². The Morgan fingerprint density at radius 3 is 2.78 bits per heavy atom. The lowest BCUT2D eigenvalue weighted by Gasteiger charge is -2.13. The van der Waals surface area contributed by atoms with Crippen molar-refractivity contribution in [3.63, 3.8) is 0 Å². The van der Waals surface area contributed by atoms with Crippen LogP contribution in [0.4, 0.5) is 0 Å². The van der Waals surface area contributed by atoms with E-state index in [9.17, 15) is 4.79 Å². The highest BCUT2D eigenvalue weighted by Crippen LogP contribution is 2.26. The summed E-state index contributed by atoms with van der Waals surface area (Å²) in [7, 11) is 0. The standard InChI is InChI=1S/C15H16O3/c1-11(8-16)10-18-15-7-6-12-4-2-3-5-13(12)14(15)9-17/h2-7,9,11,16H,8,10H2,1H3. The van der Waals surface area contributed by atoms with Crippen molar-refractivity contribution in [3.8, 4) is 5.75 Å². The van der Waals surface area contributed by atoms with Crippen LogP contribution in [0.5, 0.6) is 5.75 Å². The van der Waals surface area contributed by atoms with Gasteiger partial charge in [0.25, 0.3) is 0 Å². The topological polar surface area (TPSA) is 46.5 Å². The van der Waals surface area contributed by atoms with E-state index < -0.39 is 0 Å². The Morgan fingerprint density at radius 2 is 2.06 bits per heavy atom. The third kappa shape index (κ3) is 2.51. The molecule has 3 nitrogen and oxygen atoms in total. The first kappa shape index (κ1) is 12.6. The zero-order valence-corrected chi connectivity index (χ0v) is 10.3. The average Bonchev–Trinajstić information content (AvgIpc) is 2.43. The number of ether oxygens (including phenoxy) is 1. The normalized spacial score (nSPS) is 12.3. The molecule has 2 aromatic rings. The number of benzene rings is 2. The van der Waals surface area contributed by atoms with E-state index in [4.69, 9.17) is 9.84 Å². The Kier molecular flexibility index (Phi) is 3.95. The molecule has 0 fully saturated rings. The average molecular weight is 244 g/mol. The molecule has 1 unspecified atom stereocenters. The highest BCUT2D eigenvalue weighted by molar-refractivity contribution is 6.00. The van der Waals surface area contributed by atoms with Gasteiger partial charge in [0.15, 0.2) is 6.29 Å². The van der Waals surface area contributed by atoms with E-state index >= 15 is 0 Å². The van der Waals surface area contributed by atoms with Crippen molar-refractivity contribution in [2.24, 2.45) is 5.92 Å². The maximum Gasteiger partial charge on any atom is 0.154 e. The summed E-state index contributed by atoms with van der Waals surface area (Å²) in [6.45, 7) is 2.36. The molecule has 18 heavy (non-hydrogen) atoms. The van der Waals surface area contributed by atoms with Gasteiger partial charge in [0.1, 0.15) is 5.75 Å². The fourth-order valence-corrected chi connectivity index (χ4v) is 1.81. The Labute approximate surface area is 106 Å². The molecule has 0 heterocycles. The van der Waals surface area contributed by atoms with Crippen LogP contribution in [-0.4, -0.2) is 24.6 Å². The van der Waals surface area contributed by atoms with Crippen molar-refractivity contribution >= 4 is 17.1 Å². The lowest BCUT2D eigenvalue weighted by molar-refractivity contribution is 0.111.